The molecule has 0 unspecified atom stereocenters. The number of benzene rings is 2. The first-order valence-electron chi connectivity index (χ1n) is 8.27. The van der Waals surface area contributed by atoms with Crippen LogP contribution >= 0.6 is 11.6 Å². The quantitative estimate of drug-likeness (QED) is 0.715. The molecule has 0 aliphatic rings. The molecule has 0 bridgehead atoms. The van der Waals surface area contributed by atoms with Crippen LogP contribution in [0.4, 0.5) is 0 Å². The summed E-state index contributed by atoms with van der Waals surface area (Å²) in [6.45, 7) is 4.07. The molecule has 4 nitrogen and oxygen atoms in total. The zero-order valence-corrected chi connectivity index (χ0v) is 15.6. The summed E-state index contributed by atoms with van der Waals surface area (Å²) in [6, 6.07) is 14.9. The molecule has 2 aromatic rings. The van der Waals surface area contributed by atoms with Gasteiger partial charge in [-0.1, -0.05) is 29.8 Å². The molecule has 0 fully saturated rings. The number of ether oxygens (including phenoxy) is 2. The molecule has 2 aromatic carbocycles. The molecule has 0 heterocycles. The summed E-state index contributed by atoms with van der Waals surface area (Å²) in [5.74, 6) is 1.33. The maximum Gasteiger partial charge on any atom is 0.263 e. The molecule has 134 valence electrons. The van der Waals surface area contributed by atoms with Gasteiger partial charge in [-0.2, -0.15) is 0 Å². The highest BCUT2D eigenvalue weighted by Gasteiger charge is 2.29. The summed E-state index contributed by atoms with van der Waals surface area (Å²) in [7, 11) is 1.66. The fraction of sp³-hybridized carbons (Fsp3) is 0.350. The molecule has 0 aromatic heterocycles. The smallest absolute Gasteiger partial charge is 0.263 e. The lowest BCUT2D eigenvalue weighted by atomic mass is 10.1. The van der Waals surface area contributed by atoms with Gasteiger partial charge >= 0.3 is 0 Å². The highest BCUT2D eigenvalue weighted by molar-refractivity contribution is 6.30. The molecular formula is C20H24ClNO3. The van der Waals surface area contributed by atoms with E-state index in [-0.39, 0.29) is 5.91 Å². The number of hydrogen-bond acceptors (Lipinski definition) is 3. The molecule has 1 amide bonds. The molecule has 0 saturated carbocycles. The number of methoxy groups -OCH3 is 1. The van der Waals surface area contributed by atoms with Gasteiger partial charge in [0, 0.05) is 11.6 Å². The Morgan fingerprint density at radius 2 is 1.80 bits per heavy atom. The van der Waals surface area contributed by atoms with Crippen molar-refractivity contribution >= 4 is 17.5 Å². The Morgan fingerprint density at radius 1 is 1.12 bits per heavy atom. The molecular weight excluding hydrogens is 338 g/mol. The minimum absolute atomic E-state index is 0.150. The Morgan fingerprint density at radius 3 is 2.48 bits per heavy atom. The first kappa shape index (κ1) is 19.1. The lowest BCUT2D eigenvalue weighted by molar-refractivity contribution is -0.134. The van der Waals surface area contributed by atoms with Crippen molar-refractivity contribution in [3.63, 3.8) is 0 Å². The van der Waals surface area contributed by atoms with Crippen LogP contribution in [0.5, 0.6) is 11.5 Å². The number of carbonyl (C=O) groups excluding carboxylic acids is 1. The minimum Gasteiger partial charge on any atom is -0.496 e. The SMILES string of the molecule is COc1ccccc1CCCNC(=O)C(C)(C)Oc1ccc(Cl)cc1. The van der Waals surface area contributed by atoms with E-state index < -0.39 is 5.60 Å². The predicted molar refractivity (Wildman–Crippen MR) is 100 cm³/mol. The van der Waals surface area contributed by atoms with Gasteiger partial charge in [0.2, 0.25) is 0 Å². The van der Waals surface area contributed by atoms with Gasteiger partial charge in [-0.25, -0.2) is 0 Å². The summed E-state index contributed by atoms with van der Waals surface area (Å²) >= 11 is 5.86. The normalized spacial score (nSPS) is 11.0. The number of carbonyl (C=O) groups is 1. The summed E-state index contributed by atoms with van der Waals surface area (Å²) in [6.07, 6.45) is 1.66. The zero-order valence-electron chi connectivity index (χ0n) is 14.8. The van der Waals surface area contributed by atoms with Crippen LogP contribution in [0, 0.1) is 0 Å². The van der Waals surface area contributed by atoms with Gasteiger partial charge < -0.3 is 14.8 Å². The van der Waals surface area contributed by atoms with Crippen molar-refractivity contribution < 1.29 is 14.3 Å². The van der Waals surface area contributed by atoms with Crippen LogP contribution in [0.2, 0.25) is 5.02 Å². The monoisotopic (exact) mass is 361 g/mol. The summed E-state index contributed by atoms with van der Waals surface area (Å²) in [5.41, 5.74) is 0.175. The molecule has 1 N–H and O–H groups in total. The number of nitrogens with one attached hydrogen (secondary N) is 1. The van der Waals surface area contributed by atoms with E-state index in [0.29, 0.717) is 17.3 Å². The topological polar surface area (TPSA) is 47.6 Å². The van der Waals surface area contributed by atoms with Crippen molar-refractivity contribution in [1.29, 1.82) is 0 Å². The van der Waals surface area contributed by atoms with E-state index >= 15 is 0 Å². The van der Waals surface area contributed by atoms with E-state index in [2.05, 4.69) is 5.32 Å². The molecule has 0 atom stereocenters. The fourth-order valence-electron chi connectivity index (χ4n) is 2.45. The van der Waals surface area contributed by atoms with Crippen LogP contribution in [0.25, 0.3) is 0 Å². The lowest BCUT2D eigenvalue weighted by Crippen LogP contribution is -2.46. The Balaban J connectivity index is 1.81. The van der Waals surface area contributed by atoms with Gasteiger partial charge in [-0.15, -0.1) is 0 Å². The van der Waals surface area contributed by atoms with Crippen LogP contribution < -0.4 is 14.8 Å². The second-order valence-electron chi connectivity index (χ2n) is 6.24. The van der Waals surface area contributed by atoms with Crippen LogP contribution in [0.3, 0.4) is 0 Å². The van der Waals surface area contributed by atoms with Gasteiger partial charge in [0.05, 0.1) is 7.11 Å². The van der Waals surface area contributed by atoms with Crippen LogP contribution in [-0.4, -0.2) is 25.2 Å². The Hall–Kier alpha value is -2.20. The van der Waals surface area contributed by atoms with E-state index in [1.807, 2.05) is 24.3 Å². The highest BCUT2D eigenvalue weighted by Crippen LogP contribution is 2.21. The molecule has 0 aliphatic heterocycles. The number of para-hydroxylation sites is 1. The minimum atomic E-state index is -0.960. The molecule has 0 aliphatic carbocycles. The summed E-state index contributed by atoms with van der Waals surface area (Å²) < 4.78 is 11.1. The third kappa shape index (κ3) is 5.68. The standard InChI is InChI=1S/C20H24ClNO3/c1-20(2,25-17-12-10-16(21)11-13-17)19(23)22-14-6-8-15-7-4-5-9-18(15)24-3/h4-5,7,9-13H,6,8,14H2,1-3H3,(H,22,23). The number of halogens is 1. The van der Waals surface area contributed by atoms with E-state index in [4.69, 9.17) is 21.1 Å². The Labute approximate surface area is 154 Å². The first-order chi connectivity index (χ1) is 11.9. The van der Waals surface area contributed by atoms with Gasteiger partial charge in [0.15, 0.2) is 5.60 Å². The predicted octanol–water partition coefficient (Wildman–Crippen LogP) is 4.26. The van der Waals surface area contributed by atoms with E-state index in [9.17, 15) is 4.79 Å². The Bertz CT molecular complexity index is 698. The van der Waals surface area contributed by atoms with E-state index in [1.165, 1.54) is 0 Å². The van der Waals surface area contributed by atoms with Gasteiger partial charge in [0.1, 0.15) is 11.5 Å². The number of amides is 1. The van der Waals surface area contributed by atoms with Gasteiger partial charge in [0.25, 0.3) is 5.91 Å². The van der Waals surface area contributed by atoms with E-state index in [1.54, 1.807) is 45.2 Å². The molecule has 2 rings (SSSR count). The Kier molecular flexibility index (Phi) is 6.71. The second-order valence-corrected chi connectivity index (χ2v) is 6.67. The van der Waals surface area contributed by atoms with Crippen molar-refractivity contribution in [1.82, 2.24) is 5.32 Å². The molecule has 0 saturated heterocycles. The second kappa shape index (κ2) is 8.77. The van der Waals surface area contributed by atoms with Crippen molar-refractivity contribution in [2.75, 3.05) is 13.7 Å². The molecule has 0 spiro atoms. The molecule has 0 radical (unpaired) electrons. The van der Waals surface area contributed by atoms with Gasteiger partial charge in [-0.3, -0.25) is 4.79 Å². The maximum atomic E-state index is 12.4. The number of rotatable bonds is 8. The van der Waals surface area contributed by atoms with Crippen LogP contribution in [0.1, 0.15) is 25.8 Å². The average Bonchev–Trinajstić information content (AvgIpc) is 2.60. The summed E-state index contributed by atoms with van der Waals surface area (Å²) in [5, 5.41) is 3.56. The first-order valence-corrected chi connectivity index (χ1v) is 8.65. The molecule has 25 heavy (non-hydrogen) atoms. The third-order valence-corrected chi connectivity index (χ3v) is 4.09. The summed E-state index contributed by atoms with van der Waals surface area (Å²) in [4.78, 5) is 12.4. The van der Waals surface area contributed by atoms with Crippen molar-refractivity contribution in [3.8, 4) is 11.5 Å². The van der Waals surface area contributed by atoms with Crippen LogP contribution in [0.15, 0.2) is 48.5 Å². The van der Waals surface area contributed by atoms with Crippen molar-refractivity contribution in [2.45, 2.75) is 32.3 Å². The number of aryl methyl sites for hydroxylation is 1. The van der Waals surface area contributed by atoms with E-state index in [0.717, 1.165) is 24.2 Å². The van der Waals surface area contributed by atoms with Gasteiger partial charge in [-0.05, 0) is 62.6 Å². The zero-order chi connectivity index (χ0) is 18.3. The van der Waals surface area contributed by atoms with Crippen molar-refractivity contribution in [3.05, 3.63) is 59.1 Å². The lowest BCUT2D eigenvalue weighted by Gasteiger charge is -2.25. The van der Waals surface area contributed by atoms with Crippen molar-refractivity contribution in [2.24, 2.45) is 0 Å². The van der Waals surface area contributed by atoms with Crippen LogP contribution in [-0.2, 0) is 11.2 Å². The largest absolute Gasteiger partial charge is 0.496 e. The molecule has 5 heteroatoms. The maximum absolute atomic E-state index is 12.4. The average molecular weight is 362 g/mol. The highest BCUT2D eigenvalue weighted by atomic mass is 35.5. The fourth-order valence-corrected chi connectivity index (χ4v) is 2.57. The third-order valence-electron chi connectivity index (χ3n) is 3.83. The number of hydrogen-bond donors (Lipinski definition) is 1.